The Balaban J connectivity index is 1.48. The van der Waals surface area contributed by atoms with Gasteiger partial charge in [0.25, 0.3) is 5.91 Å². The summed E-state index contributed by atoms with van der Waals surface area (Å²) in [5.41, 5.74) is 3.46. The lowest BCUT2D eigenvalue weighted by Gasteiger charge is -2.73. The number of anilines is 1. The second-order valence-electron chi connectivity index (χ2n) is 18.0. The molecule has 0 radical (unpaired) electrons. The van der Waals surface area contributed by atoms with Crippen LogP contribution in [-0.4, -0.2) is 172 Å². The number of carbonyl (C=O) groups excluding carboxylic acids is 3. The Morgan fingerprint density at radius 3 is 1.79 bits per heavy atom. The van der Waals surface area contributed by atoms with E-state index in [2.05, 4.69) is 134 Å². The fraction of sp³-hybridized carbons (Fsp3) is 0.400. The maximum absolute atomic E-state index is 14.0. The summed E-state index contributed by atoms with van der Waals surface area (Å²) in [5, 5.41) is 3.31. The molecule has 2 fully saturated rings. The van der Waals surface area contributed by atoms with E-state index in [1.165, 1.54) is 5.56 Å². The third-order valence-electron chi connectivity index (χ3n) is 12.6. The lowest BCUT2D eigenvalue weighted by molar-refractivity contribution is -0.139. The summed E-state index contributed by atoms with van der Waals surface area (Å²) in [4.78, 5) is 43.5. The van der Waals surface area contributed by atoms with Gasteiger partial charge in [-0.1, -0.05) is 30.3 Å². The lowest BCUT2D eigenvalue weighted by Crippen LogP contribution is -2.88. The van der Waals surface area contributed by atoms with Crippen LogP contribution in [0.2, 0.25) is 0 Å². The monoisotopic (exact) mass is 628 g/mol. The summed E-state index contributed by atoms with van der Waals surface area (Å²) in [6.45, 7) is 0. The number of hydrogen-bond acceptors (Lipinski definition) is 6. The number of ether oxygens (including phenoxy) is 1. The SMILES string of the molecule is BC(B)(Nc1cccc2c1C(B)(B)N(C1(B)CCC(=O)NC1=O)C2=O)c1ccc(C(B)(B)N2C(B)(B)C(B)(B)OC(B)(B)C2(B)B)cc1. The van der Waals surface area contributed by atoms with Gasteiger partial charge in [-0.2, -0.15) is 0 Å². The summed E-state index contributed by atoms with van der Waals surface area (Å²) < 4.78 is 6.78. The van der Waals surface area contributed by atoms with Crippen LogP contribution < -0.4 is 10.6 Å². The molecule has 0 spiro atoms. The Bertz CT molecular complexity index is 1680. The number of nitrogens with zero attached hydrogens (tertiary/aromatic N) is 2. The van der Waals surface area contributed by atoms with Crippen molar-refractivity contribution in [2.45, 2.75) is 55.8 Å². The first-order chi connectivity index (χ1) is 21.7. The summed E-state index contributed by atoms with van der Waals surface area (Å²) in [7, 11) is 32.6. The molecule has 8 nitrogen and oxygen atoms in total. The van der Waals surface area contributed by atoms with Gasteiger partial charge in [-0.25, -0.2) is 0 Å². The molecule has 1 atom stereocenters. The van der Waals surface area contributed by atoms with E-state index in [1.54, 1.807) is 12.7 Å². The zero-order chi connectivity index (χ0) is 36.3. The number of nitrogens with one attached hydrogen (secondary N) is 2. The van der Waals surface area contributed by atoms with Crippen molar-refractivity contribution in [1.29, 1.82) is 0 Å². The molecule has 3 amide bonds. The minimum absolute atomic E-state index is 0.194. The van der Waals surface area contributed by atoms with Crippen LogP contribution in [0.1, 0.15) is 39.9 Å². The normalized spacial score (nSPS) is 25.9. The van der Waals surface area contributed by atoms with Crippen LogP contribution in [0.5, 0.6) is 0 Å². The zero-order valence-electron chi connectivity index (χ0n) is 32.0. The van der Waals surface area contributed by atoms with Crippen molar-refractivity contribution in [2.75, 3.05) is 5.32 Å². The Labute approximate surface area is 300 Å². The lowest BCUT2D eigenvalue weighted by atomic mass is 9.28. The molecule has 0 bridgehead atoms. The van der Waals surface area contributed by atoms with Gasteiger partial charge < -0.3 is 19.9 Å². The van der Waals surface area contributed by atoms with Gasteiger partial charge in [0.05, 0.1) is 5.44 Å². The highest BCUT2D eigenvalue weighted by Crippen LogP contribution is 2.47. The Kier molecular flexibility index (Phi) is 8.57. The van der Waals surface area contributed by atoms with Crippen LogP contribution in [0.15, 0.2) is 42.5 Å². The van der Waals surface area contributed by atoms with Crippen LogP contribution in [0, 0.1) is 0 Å². The number of fused-ring (bicyclic) bond motifs is 1. The Morgan fingerprint density at radius 1 is 0.750 bits per heavy atom. The molecular weight excluding hydrogens is 582 g/mol. The molecule has 2 N–H and O–H groups in total. The number of rotatable bonds is 6. The quantitative estimate of drug-likeness (QED) is 0.245. The summed E-state index contributed by atoms with van der Waals surface area (Å²) in [6, 6.07) is 14.6. The van der Waals surface area contributed by atoms with Gasteiger partial charge in [0.15, 0.2) is 0 Å². The number of benzene rings is 2. The van der Waals surface area contributed by atoms with Crippen molar-refractivity contribution >= 4 is 141 Å². The van der Waals surface area contributed by atoms with Crippen molar-refractivity contribution in [1.82, 2.24) is 15.1 Å². The first-order valence-corrected chi connectivity index (χ1v) is 17.4. The fourth-order valence-electron chi connectivity index (χ4n) is 9.18. The van der Waals surface area contributed by atoms with Crippen LogP contribution in [0.3, 0.4) is 0 Å². The molecule has 23 heteroatoms. The third kappa shape index (κ3) is 5.30. The zero-order valence-corrected chi connectivity index (χ0v) is 32.0. The minimum atomic E-state index is -1.14. The van der Waals surface area contributed by atoms with Gasteiger partial charge in [-0.3, -0.25) is 19.7 Å². The van der Waals surface area contributed by atoms with E-state index in [0.29, 0.717) is 5.56 Å². The van der Waals surface area contributed by atoms with Gasteiger partial charge in [0.1, 0.15) is 118 Å². The molecule has 0 aromatic heterocycles. The standard InChI is InChI=1S/C25H43B15N4O4/c26-18(9-8-14(45)41-17(18)47)43-16(46)12-2-1-3-13(15(12)21(43,31)32)42-19(27,28)10-4-6-11(7-5-10)20(29,30)44-22(33,34)24(37,38)48-25(39,40)23(44,35)36/h1-7,42H,8-9,26-40H2,(H,41,45,47). The van der Waals surface area contributed by atoms with Gasteiger partial charge in [0, 0.05) is 33.8 Å². The van der Waals surface area contributed by atoms with Crippen molar-refractivity contribution in [3.63, 3.8) is 0 Å². The largest absolute Gasteiger partial charge is 0.403 e. The van der Waals surface area contributed by atoms with Crippen molar-refractivity contribution < 1.29 is 19.1 Å². The van der Waals surface area contributed by atoms with Crippen molar-refractivity contribution in [3.05, 3.63) is 64.7 Å². The van der Waals surface area contributed by atoms with E-state index in [0.717, 1.165) is 16.8 Å². The molecule has 5 rings (SSSR count). The first kappa shape index (κ1) is 37.0. The molecule has 2 aromatic rings. The molecular formula is C25H43B15N4O4. The fourth-order valence-corrected chi connectivity index (χ4v) is 9.18. The Hall–Kier alpha value is -2.26. The molecule has 48 heavy (non-hydrogen) atoms. The summed E-state index contributed by atoms with van der Waals surface area (Å²) in [6.07, 6.45) is 0.477. The number of piperidine rings is 1. The molecule has 2 saturated heterocycles. The van der Waals surface area contributed by atoms with Crippen LogP contribution in [-0.2, 0) is 30.3 Å². The van der Waals surface area contributed by atoms with Crippen molar-refractivity contribution in [3.8, 4) is 0 Å². The van der Waals surface area contributed by atoms with E-state index in [1.807, 2.05) is 33.9 Å². The Morgan fingerprint density at radius 2 is 1.27 bits per heavy atom. The molecule has 1 unspecified atom stereocenters. The third-order valence-corrected chi connectivity index (χ3v) is 12.6. The number of hydrogen-bond donors (Lipinski definition) is 2. The van der Waals surface area contributed by atoms with E-state index in [4.69, 9.17) is 4.74 Å². The van der Waals surface area contributed by atoms with E-state index in [9.17, 15) is 14.4 Å². The summed E-state index contributed by atoms with van der Waals surface area (Å²) >= 11 is 0. The average Bonchev–Trinajstić information content (AvgIpc) is 3.14. The second-order valence-corrected chi connectivity index (χ2v) is 18.0. The highest BCUT2D eigenvalue weighted by Gasteiger charge is 2.62. The van der Waals surface area contributed by atoms with E-state index in [-0.39, 0.29) is 51.5 Å². The van der Waals surface area contributed by atoms with Crippen molar-refractivity contribution in [2.24, 2.45) is 0 Å². The van der Waals surface area contributed by atoms with Gasteiger partial charge >= 0.3 is 0 Å². The highest BCUT2D eigenvalue weighted by atomic mass is 16.5. The molecule has 3 heterocycles. The van der Waals surface area contributed by atoms with Crippen LogP contribution in [0.25, 0.3) is 0 Å². The highest BCUT2D eigenvalue weighted by molar-refractivity contribution is 6.60. The average molecular weight is 626 g/mol. The molecule has 3 aliphatic heterocycles. The van der Waals surface area contributed by atoms with E-state index >= 15 is 0 Å². The predicted molar refractivity (Wildman–Crippen MR) is 235 cm³/mol. The molecule has 3 aliphatic rings. The molecule has 232 valence electrons. The number of imide groups is 1. The molecule has 0 aliphatic carbocycles. The number of morpholine rings is 1. The predicted octanol–water partition coefficient (Wildman–Crippen LogP) is -13.8. The van der Waals surface area contributed by atoms with Gasteiger partial charge in [0.2, 0.25) is 11.8 Å². The molecule has 0 saturated carbocycles. The van der Waals surface area contributed by atoms with Gasteiger partial charge in [-0.15, -0.1) is 0 Å². The second kappa shape index (κ2) is 11.1. The van der Waals surface area contributed by atoms with Crippen LogP contribution >= 0.6 is 0 Å². The van der Waals surface area contributed by atoms with E-state index < -0.39 is 22.0 Å². The first-order valence-electron chi connectivity index (χ1n) is 17.4. The summed E-state index contributed by atoms with van der Waals surface area (Å²) in [5.74, 6) is -0.930. The smallest absolute Gasteiger partial charge is 0.253 e. The number of carbonyl (C=O) groups is 3. The maximum Gasteiger partial charge on any atom is 0.253 e. The molecule has 2 aromatic carbocycles. The van der Waals surface area contributed by atoms with Gasteiger partial charge in [-0.05, 0) is 56.6 Å². The van der Waals surface area contributed by atoms with Crippen LogP contribution in [0.4, 0.5) is 5.69 Å². The minimum Gasteiger partial charge on any atom is -0.403 e. The number of amides is 3. The topological polar surface area (TPSA) is 91.0 Å². The maximum atomic E-state index is 14.0.